The molecule has 3 rings (SSSR count). The molecule has 1 amide bonds. The zero-order valence-electron chi connectivity index (χ0n) is 13.5. The number of rotatable bonds is 5. The third-order valence-corrected chi connectivity index (χ3v) is 4.01. The monoisotopic (exact) mass is 407 g/mol. The average molecular weight is 408 g/mol. The van der Waals surface area contributed by atoms with Gasteiger partial charge in [-0.25, -0.2) is 4.79 Å². The molecule has 0 bridgehead atoms. The van der Waals surface area contributed by atoms with Crippen LogP contribution in [0.15, 0.2) is 51.7 Å². The maximum atomic E-state index is 12.5. The summed E-state index contributed by atoms with van der Waals surface area (Å²) >= 11 is 11.9. The summed E-state index contributed by atoms with van der Waals surface area (Å²) in [6, 6.07) is 9.98. The quantitative estimate of drug-likeness (QED) is 0.665. The van der Waals surface area contributed by atoms with Crippen molar-refractivity contribution in [2.75, 3.05) is 11.9 Å². The molecule has 138 valence electrons. The van der Waals surface area contributed by atoms with Gasteiger partial charge in [0.2, 0.25) is 0 Å². The van der Waals surface area contributed by atoms with E-state index in [4.69, 9.17) is 37.5 Å². The van der Waals surface area contributed by atoms with Crippen LogP contribution in [0, 0.1) is 0 Å². The number of amides is 1. The second-order valence-corrected chi connectivity index (χ2v) is 6.21. The highest BCUT2D eigenvalue weighted by molar-refractivity contribution is 6.34. The van der Waals surface area contributed by atoms with Crippen LogP contribution in [0.5, 0.6) is 5.75 Å². The van der Waals surface area contributed by atoms with E-state index in [1.807, 2.05) is 0 Å². The minimum atomic E-state index is -1.19. The van der Waals surface area contributed by atoms with Crippen molar-refractivity contribution >= 4 is 51.7 Å². The lowest BCUT2D eigenvalue weighted by molar-refractivity contribution is -0.139. The van der Waals surface area contributed by atoms with Crippen LogP contribution in [0.4, 0.5) is 5.69 Å². The second-order valence-electron chi connectivity index (χ2n) is 5.37. The van der Waals surface area contributed by atoms with Crippen LogP contribution in [-0.4, -0.2) is 23.6 Å². The van der Waals surface area contributed by atoms with Crippen LogP contribution in [-0.2, 0) is 4.79 Å². The molecule has 1 aromatic heterocycles. The lowest BCUT2D eigenvalue weighted by Gasteiger charge is -2.12. The Labute approximate surface area is 162 Å². The zero-order chi connectivity index (χ0) is 19.6. The van der Waals surface area contributed by atoms with Crippen molar-refractivity contribution in [1.82, 2.24) is 0 Å². The van der Waals surface area contributed by atoms with Gasteiger partial charge in [0.05, 0.1) is 16.1 Å². The summed E-state index contributed by atoms with van der Waals surface area (Å²) in [5.74, 6) is -2.14. The van der Waals surface area contributed by atoms with Crippen molar-refractivity contribution in [2.45, 2.75) is 0 Å². The number of carbonyl (C=O) groups is 2. The molecule has 2 aromatic carbocycles. The van der Waals surface area contributed by atoms with Gasteiger partial charge in [-0.2, -0.15) is 0 Å². The van der Waals surface area contributed by atoms with Crippen molar-refractivity contribution in [3.63, 3.8) is 0 Å². The number of aliphatic carboxylic acids is 1. The van der Waals surface area contributed by atoms with Crippen LogP contribution in [0.3, 0.4) is 0 Å². The van der Waals surface area contributed by atoms with Crippen molar-refractivity contribution in [3.8, 4) is 5.75 Å². The molecule has 0 fully saturated rings. The van der Waals surface area contributed by atoms with Gasteiger partial charge in [-0.1, -0.05) is 29.3 Å². The molecule has 0 spiro atoms. The SMILES string of the molecule is O=C(O)COc1cc(Cl)ccc1NC(=O)c1cc(=O)c2cccc(Cl)c2o1. The van der Waals surface area contributed by atoms with Crippen molar-refractivity contribution in [3.05, 3.63) is 68.5 Å². The fourth-order valence-corrected chi connectivity index (χ4v) is 2.67. The van der Waals surface area contributed by atoms with Crippen LogP contribution in [0.25, 0.3) is 11.0 Å². The number of fused-ring (bicyclic) bond motifs is 1. The number of carboxylic acids is 1. The molecule has 9 heteroatoms. The smallest absolute Gasteiger partial charge is 0.341 e. The molecule has 7 nitrogen and oxygen atoms in total. The fraction of sp³-hybridized carbons (Fsp3) is 0.0556. The molecular formula is C18H11Cl2NO6. The highest BCUT2D eigenvalue weighted by Gasteiger charge is 2.16. The summed E-state index contributed by atoms with van der Waals surface area (Å²) in [5.41, 5.74) is -0.176. The Morgan fingerprint density at radius 1 is 1.15 bits per heavy atom. The minimum Gasteiger partial charge on any atom is -0.480 e. The molecule has 3 aromatic rings. The van der Waals surface area contributed by atoms with Gasteiger partial charge in [0.1, 0.15) is 5.75 Å². The first-order chi connectivity index (χ1) is 12.8. The summed E-state index contributed by atoms with van der Waals surface area (Å²) in [6.45, 7) is -0.621. The summed E-state index contributed by atoms with van der Waals surface area (Å²) in [4.78, 5) is 35.4. The third kappa shape index (κ3) is 4.21. The van der Waals surface area contributed by atoms with Crippen molar-refractivity contribution in [1.29, 1.82) is 0 Å². The van der Waals surface area contributed by atoms with E-state index in [9.17, 15) is 14.4 Å². The van der Waals surface area contributed by atoms with Crippen LogP contribution in [0.1, 0.15) is 10.6 Å². The summed E-state index contributed by atoms with van der Waals surface area (Å²) in [6.07, 6.45) is 0. The predicted molar refractivity (Wildman–Crippen MR) is 100 cm³/mol. The number of nitrogens with one attached hydrogen (secondary N) is 1. The van der Waals surface area contributed by atoms with Gasteiger partial charge in [0.25, 0.3) is 5.91 Å². The predicted octanol–water partition coefficient (Wildman–Crippen LogP) is 3.82. The molecule has 0 atom stereocenters. The van der Waals surface area contributed by atoms with Gasteiger partial charge in [0, 0.05) is 17.2 Å². The Morgan fingerprint density at radius 2 is 1.93 bits per heavy atom. The topological polar surface area (TPSA) is 106 Å². The molecule has 0 radical (unpaired) electrons. The first-order valence-electron chi connectivity index (χ1n) is 7.53. The Morgan fingerprint density at radius 3 is 2.67 bits per heavy atom. The van der Waals surface area contributed by atoms with Gasteiger partial charge >= 0.3 is 5.97 Å². The molecule has 27 heavy (non-hydrogen) atoms. The average Bonchev–Trinajstić information content (AvgIpc) is 2.62. The molecule has 0 unspecified atom stereocenters. The maximum absolute atomic E-state index is 12.5. The summed E-state index contributed by atoms with van der Waals surface area (Å²) in [7, 11) is 0. The molecule has 0 saturated carbocycles. The van der Waals surface area contributed by atoms with Gasteiger partial charge < -0.3 is 19.6 Å². The first-order valence-corrected chi connectivity index (χ1v) is 8.28. The molecule has 0 aliphatic carbocycles. The van der Waals surface area contributed by atoms with Crippen molar-refractivity contribution < 1.29 is 23.8 Å². The molecule has 0 aliphatic rings. The van der Waals surface area contributed by atoms with E-state index in [0.717, 1.165) is 6.07 Å². The Balaban J connectivity index is 1.94. The van der Waals surface area contributed by atoms with Crippen LogP contribution < -0.4 is 15.5 Å². The number of anilines is 1. The number of benzene rings is 2. The number of carboxylic acid groups (broad SMARTS) is 1. The standard InChI is InChI=1S/C18H11Cl2NO6/c19-9-4-5-12(14(6-9)26-8-16(23)24)21-18(25)15-7-13(22)10-2-1-3-11(20)17(10)27-15/h1-7H,8H2,(H,21,25)(H,23,24). The van der Waals surface area contributed by atoms with Gasteiger partial charge in [-0.3, -0.25) is 9.59 Å². The normalized spacial score (nSPS) is 10.6. The van der Waals surface area contributed by atoms with E-state index < -0.39 is 23.9 Å². The molecule has 1 heterocycles. The number of para-hydroxylation sites is 1. The number of ether oxygens (including phenoxy) is 1. The van der Waals surface area contributed by atoms with Crippen molar-refractivity contribution in [2.24, 2.45) is 0 Å². The second kappa shape index (κ2) is 7.69. The molecule has 0 saturated heterocycles. The Kier molecular flexibility index (Phi) is 5.34. The Bertz CT molecular complexity index is 1110. The Hall–Kier alpha value is -3.03. The fourth-order valence-electron chi connectivity index (χ4n) is 2.30. The van der Waals surface area contributed by atoms with Crippen LogP contribution >= 0.6 is 23.2 Å². The van der Waals surface area contributed by atoms with E-state index in [-0.39, 0.29) is 38.2 Å². The maximum Gasteiger partial charge on any atom is 0.341 e. The van der Waals surface area contributed by atoms with Gasteiger partial charge in [0.15, 0.2) is 23.4 Å². The number of carbonyl (C=O) groups excluding carboxylic acids is 1. The van der Waals surface area contributed by atoms with E-state index in [1.165, 1.54) is 30.3 Å². The zero-order valence-corrected chi connectivity index (χ0v) is 15.0. The highest BCUT2D eigenvalue weighted by Crippen LogP contribution is 2.29. The largest absolute Gasteiger partial charge is 0.480 e. The first kappa shape index (κ1) is 18.8. The van der Waals surface area contributed by atoms with E-state index in [2.05, 4.69) is 5.32 Å². The highest BCUT2D eigenvalue weighted by atomic mass is 35.5. The third-order valence-electron chi connectivity index (χ3n) is 3.47. The summed E-state index contributed by atoms with van der Waals surface area (Å²) in [5, 5.41) is 12.0. The van der Waals surface area contributed by atoms with Gasteiger partial charge in [-0.15, -0.1) is 0 Å². The molecule has 0 aliphatic heterocycles. The van der Waals surface area contributed by atoms with Crippen LogP contribution in [0.2, 0.25) is 10.0 Å². The minimum absolute atomic E-state index is 0.0550. The number of halogens is 2. The van der Waals surface area contributed by atoms with E-state index in [0.29, 0.717) is 0 Å². The van der Waals surface area contributed by atoms with E-state index in [1.54, 1.807) is 6.07 Å². The number of hydrogen-bond acceptors (Lipinski definition) is 5. The summed E-state index contributed by atoms with van der Waals surface area (Å²) < 4.78 is 10.6. The lowest BCUT2D eigenvalue weighted by atomic mass is 10.2. The van der Waals surface area contributed by atoms with Gasteiger partial charge in [-0.05, 0) is 24.3 Å². The van der Waals surface area contributed by atoms with E-state index >= 15 is 0 Å². The lowest BCUT2D eigenvalue weighted by Crippen LogP contribution is -2.16. The molecular weight excluding hydrogens is 397 g/mol. The molecule has 2 N–H and O–H groups in total. The number of hydrogen-bond donors (Lipinski definition) is 2.